The van der Waals surface area contributed by atoms with Crippen molar-refractivity contribution in [2.24, 2.45) is 10.9 Å². The van der Waals surface area contributed by atoms with Crippen LogP contribution in [0.15, 0.2) is 29.3 Å². The Morgan fingerprint density at radius 3 is 2.55 bits per heavy atom. The molecule has 0 saturated carbocycles. The van der Waals surface area contributed by atoms with Gasteiger partial charge >= 0.3 is 0 Å². The Labute approximate surface area is 191 Å². The molecule has 0 spiro atoms. The summed E-state index contributed by atoms with van der Waals surface area (Å²) in [6.07, 6.45) is 2.07. The average molecular weight is 518 g/mol. The van der Waals surface area contributed by atoms with Gasteiger partial charge in [0.25, 0.3) is 0 Å². The van der Waals surface area contributed by atoms with Crippen LogP contribution in [0.5, 0.6) is 5.75 Å². The van der Waals surface area contributed by atoms with Crippen molar-refractivity contribution in [2.45, 2.75) is 18.9 Å². The third kappa shape index (κ3) is 7.58. The van der Waals surface area contributed by atoms with E-state index in [9.17, 15) is 0 Å². The molecule has 2 aliphatic heterocycles. The SMILES string of the molecule is CN=C(NCCc1ccc(OC)cc1)NCC(C1CCOC1)N1CCOCC1.I. The molecule has 0 aromatic heterocycles. The molecule has 0 amide bonds. The second-order valence-corrected chi connectivity index (χ2v) is 7.32. The van der Waals surface area contributed by atoms with Crippen molar-refractivity contribution >= 4 is 29.9 Å². The van der Waals surface area contributed by atoms with Crippen LogP contribution in [0.3, 0.4) is 0 Å². The van der Waals surface area contributed by atoms with E-state index < -0.39 is 0 Å². The number of halogens is 1. The molecule has 2 atom stereocenters. The predicted molar refractivity (Wildman–Crippen MR) is 127 cm³/mol. The molecule has 2 saturated heterocycles. The molecule has 2 fully saturated rings. The molecule has 164 valence electrons. The highest BCUT2D eigenvalue weighted by Gasteiger charge is 2.31. The van der Waals surface area contributed by atoms with Crippen molar-refractivity contribution in [1.82, 2.24) is 15.5 Å². The maximum absolute atomic E-state index is 5.65. The summed E-state index contributed by atoms with van der Waals surface area (Å²) in [6, 6.07) is 8.65. The summed E-state index contributed by atoms with van der Waals surface area (Å²) in [6.45, 7) is 7.06. The number of morpholine rings is 1. The number of hydrogen-bond acceptors (Lipinski definition) is 5. The zero-order valence-electron chi connectivity index (χ0n) is 17.6. The number of hydrogen-bond donors (Lipinski definition) is 2. The number of nitrogens with zero attached hydrogens (tertiary/aromatic N) is 2. The van der Waals surface area contributed by atoms with Gasteiger partial charge < -0.3 is 24.8 Å². The van der Waals surface area contributed by atoms with E-state index in [1.54, 1.807) is 7.11 Å². The first kappa shape index (κ1) is 24.2. The predicted octanol–water partition coefficient (Wildman–Crippen LogP) is 1.76. The highest BCUT2D eigenvalue weighted by Crippen LogP contribution is 2.21. The van der Waals surface area contributed by atoms with Gasteiger partial charge in [-0.05, 0) is 30.5 Å². The Morgan fingerprint density at radius 2 is 1.93 bits per heavy atom. The highest BCUT2D eigenvalue weighted by molar-refractivity contribution is 14.0. The first-order valence-corrected chi connectivity index (χ1v) is 10.3. The fourth-order valence-electron chi connectivity index (χ4n) is 3.90. The van der Waals surface area contributed by atoms with Gasteiger partial charge in [-0.15, -0.1) is 24.0 Å². The van der Waals surface area contributed by atoms with Crippen LogP contribution in [-0.2, 0) is 15.9 Å². The number of aliphatic imine (C=N–C) groups is 1. The van der Waals surface area contributed by atoms with Crippen LogP contribution in [0.2, 0.25) is 0 Å². The molecule has 2 N–H and O–H groups in total. The quantitative estimate of drug-likeness (QED) is 0.311. The molecular formula is C21H35IN4O3. The van der Waals surface area contributed by atoms with Crippen molar-refractivity contribution in [3.8, 4) is 5.75 Å². The smallest absolute Gasteiger partial charge is 0.191 e. The molecule has 0 aliphatic carbocycles. The van der Waals surface area contributed by atoms with Gasteiger partial charge in [0, 0.05) is 51.8 Å². The molecule has 2 aliphatic rings. The highest BCUT2D eigenvalue weighted by atomic mass is 127. The number of methoxy groups -OCH3 is 1. The Kier molecular flexibility index (Phi) is 11.0. The van der Waals surface area contributed by atoms with Gasteiger partial charge in [-0.25, -0.2) is 0 Å². The summed E-state index contributed by atoms with van der Waals surface area (Å²) < 4.78 is 16.4. The van der Waals surface area contributed by atoms with E-state index in [-0.39, 0.29) is 24.0 Å². The number of ether oxygens (including phenoxy) is 3. The first-order chi connectivity index (χ1) is 13.8. The molecule has 0 radical (unpaired) electrons. The largest absolute Gasteiger partial charge is 0.497 e. The van der Waals surface area contributed by atoms with Crippen LogP contribution in [0, 0.1) is 5.92 Å². The fourth-order valence-corrected chi connectivity index (χ4v) is 3.90. The summed E-state index contributed by atoms with van der Waals surface area (Å²) in [5.41, 5.74) is 1.28. The van der Waals surface area contributed by atoms with Crippen LogP contribution in [-0.4, -0.2) is 83.7 Å². The van der Waals surface area contributed by atoms with E-state index >= 15 is 0 Å². The summed E-state index contributed by atoms with van der Waals surface area (Å²) in [5, 5.41) is 6.96. The lowest BCUT2D eigenvalue weighted by atomic mass is 9.97. The van der Waals surface area contributed by atoms with Crippen LogP contribution < -0.4 is 15.4 Å². The third-order valence-corrected chi connectivity index (χ3v) is 5.59. The average Bonchev–Trinajstić information content (AvgIpc) is 3.28. The number of guanidine groups is 1. The van der Waals surface area contributed by atoms with Crippen molar-refractivity contribution < 1.29 is 14.2 Å². The molecule has 29 heavy (non-hydrogen) atoms. The van der Waals surface area contributed by atoms with Gasteiger partial charge in [0.15, 0.2) is 5.96 Å². The van der Waals surface area contributed by atoms with E-state index in [4.69, 9.17) is 14.2 Å². The number of benzene rings is 1. The van der Waals surface area contributed by atoms with Crippen molar-refractivity contribution in [3.05, 3.63) is 29.8 Å². The monoisotopic (exact) mass is 518 g/mol. The van der Waals surface area contributed by atoms with E-state index in [1.165, 1.54) is 5.56 Å². The Balaban J connectivity index is 0.00000300. The van der Waals surface area contributed by atoms with Gasteiger partial charge in [-0.2, -0.15) is 0 Å². The van der Waals surface area contributed by atoms with Crippen LogP contribution in [0.4, 0.5) is 0 Å². The van der Waals surface area contributed by atoms with Crippen LogP contribution in [0.25, 0.3) is 0 Å². The van der Waals surface area contributed by atoms with Gasteiger partial charge in [0.1, 0.15) is 5.75 Å². The minimum Gasteiger partial charge on any atom is -0.497 e. The molecule has 8 heteroatoms. The van der Waals surface area contributed by atoms with Crippen LogP contribution >= 0.6 is 24.0 Å². The second-order valence-electron chi connectivity index (χ2n) is 7.32. The second kappa shape index (κ2) is 13.3. The molecule has 1 aromatic carbocycles. The topological polar surface area (TPSA) is 67.4 Å². The molecule has 0 bridgehead atoms. The Bertz CT molecular complexity index is 602. The zero-order valence-corrected chi connectivity index (χ0v) is 19.9. The van der Waals surface area contributed by atoms with Crippen LogP contribution in [0.1, 0.15) is 12.0 Å². The van der Waals surface area contributed by atoms with E-state index in [0.717, 1.165) is 77.2 Å². The minimum absolute atomic E-state index is 0. The number of rotatable bonds is 8. The maximum Gasteiger partial charge on any atom is 0.191 e. The Morgan fingerprint density at radius 1 is 1.17 bits per heavy atom. The van der Waals surface area contributed by atoms with E-state index in [2.05, 4.69) is 32.7 Å². The van der Waals surface area contributed by atoms with Gasteiger partial charge in [-0.1, -0.05) is 12.1 Å². The first-order valence-electron chi connectivity index (χ1n) is 10.3. The molecule has 7 nitrogen and oxygen atoms in total. The van der Waals surface area contributed by atoms with Crippen molar-refractivity contribution in [1.29, 1.82) is 0 Å². The molecule has 2 heterocycles. The standard InChI is InChI=1S/C21H34N4O3.HI/c1-22-21(23-9-7-17-3-5-19(26-2)6-4-17)24-15-20(18-8-12-28-16-18)25-10-13-27-14-11-25;/h3-6,18,20H,7-16H2,1-2H3,(H2,22,23,24);1H. The molecule has 3 rings (SSSR count). The Hall–Kier alpha value is -1.10. The molecular weight excluding hydrogens is 483 g/mol. The minimum atomic E-state index is 0. The lowest BCUT2D eigenvalue weighted by molar-refractivity contribution is 0.00247. The molecule has 1 aromatic rings. The lowest BCUT2D eigenvalue weighted by Crippen LogP contribution is -2.53. The third-order valence-electron chi connectivity index (χ3n) is 5.59. The van der Waals surface area contributed by atoms with Crippen molar-refractivity contribution in [2.75, 3.05) is 66.8 Å². The van der Waals surface area contributed by atoms with Gasteiger partial charge in [0.05, 0.1) is 26.9 Å². The fraction of sp³-hybridized carbons (Fsp3) is 0.667. The van der Waals surface area contributed by atoms with E-state index in [0.29, 0.717) is 12.0 Å². The molecule has 2 unspecified atom stereocenters. The lowest BCUT2D eigenvalue weighted by Gasteiger charge is -2.37. The number of nitrogens with one attached hydrogen (secondary N) is 2. The summed E-state index contributed by atoms with van der Waals surface area (Å²) >= 11 is 0. The van der Waals surface area contributed by atoms with Gasteiger partial charge in [-0.3, -0.25) is 9.89 Å². The normalized spacial score (nSPS) is 21.3. The summed E-state index contributed by atoms with van der Waals surface area (Å²) in [7, 11) is 3.51. The summed E-state index contributed by atoms with van der Waals surface area (Å²) in [5.74, 6) is 2.31. The van der Waals surface area contributed by atoms with Gasteiger partial charge in [0.2, 0.25) is 0 Å². The van der Waals surface area contributed by atoms with E-state index in [1.807, 2.05) is 19.2 Å². The van der Waals surface area contributed by atoms with Crippen molar-refractivity contribution in [3.63, 3.8) is 0 Å². The summed E-state index contributed by atoms with van der Waals surface area (Å²) in [4.78, 5) is 6.93. The zero-order chi connectivity index (χ0) is 19.6. The maximum atomic E-state index is 5.65.